The first kappa shape index (κ1) is 18.2. The van der Waals surface area contributed by atoms with Gasteiger partial charge in [0.15, 0.2) is 0 Å². The van der Waals surface area contributed by atoms with Gasteiger partial charge in [0.2, 0.25) is 16.9 Å². The first-order valence-electron chi connectivity index (χ1n) is 8.77. The fourth-order valence-corrected chi connectivity index (χ4v) is 3.39. The quantitative estimate of drug-likeness (QED) is 0.438. The van der Waals surface area contributed by atoms with E-state index in [4.69, 9.17) is 9.26 Å². The van der Waals surface area contributed by atoms with Gasteiger partial charge in [0.1, 0.15) is 11.4 Å². The average Bonchev–Trinajstić information content (AvgIpc) is 3.37. The molecule has 0 unspecified atom stereocenters. The normalized spacial score (nSPS) is 10.9. The van der Waals surface area contributed by atoms with Gasteiger partial charge in [0.05, 0.1) is 12.4 Å². The van der Waals surface area contributed by atoms with Crippen LogP contribution in [-0.2, 0) is 5.75 Å². The van der Waals surface area contributed by atoms with Crippen LogP contribution in [-0.4, -0.2) is 37.0 Å². The molecule has 28 heavy (non-hydrogen) atoms. The van der Waals surface area contributed by atoms with Crippen molar-refractivity contribution in [1.29, 1.82) is 0 Å². The van der Waals surface area contributed by atoms with Crippen molar-refractivity contribution in [2.45, 2.75) is 24.8 Å². The van der Waals surface area contributed by atoms with Gasteiger partial charge in [-0.3, -0.25) is 0 Å². The maximum atomic E-state index is 5.67. The molecule has 0 spiro atoms. The Bertz CT molecular complexity index is 1080. The molecule has 0 fully saturated rings. The summed E-state index contributed by atoms with van der Waals surface area (Å²) in [4.78, 5) is 4.47. The van der Waals surface area contributed by atoms with Crippen LogP contribution in [0.15, 0.2) is 58.2 Å². The second-order valence-electron chi connectivity index (χ2n) is 5.94. The second-order valence-corrected chi connectivity index (χ2v) is 6.89. The molecule has 0 aliphatic heterocycles. The van der Waals surface area contributed by atoms with E-state index in [1.165, 1.54) is 11.8 Å². The Kier molecular flexibility index (Phi) is 5.34. The summed E-state index contributed by atoms with van der Waals surface area (Å²) in [6.45, 7) is 4.53. The number of thioether (sulfide) groups is 1. The van der Waals surface area contributed by atoms with Gasteiger partial charge < -0.3 is 9.26 Å². The average molecular weight is 394 g/mol. The lowest BCUT2D eigenvalue weighted by molar-refractivity contribution is 0.337. The summed E-state index contributed by atoms with van der Waals surface area (Å²) in [7, 11) is 0. The molecule has 0 atom stereocenters. The fourth-order valence-electron chi connectivity index (χ4n) is 2.67. The van der Waals surface area contributed by atoms with Gasteiger partial charge in [0.25, 0.3) is 0 Å². The molecular weight excluding hydrogens is 376 g/mol. The number of hydrogen-bond acceptors (Lipinski definition) is 8. The molecule has 0 bridgehead atoms. The highest BCUT2D eigenvalue weighted by Gasteiger charge is 2.15. The monoisotopic (exact) mass is 394 g/mol. The highest BCUT2D eigenvalue weighted by atomic mass is 32.2. The zero-order valence-corrected chi connectivity index (χ0v) is 16.3. The van der Waals surface area contributed by atoms with Crippen molar-refractivity contribution < 1.29 is 9.26 Å². The van der Waals surface area contributed by atoms with Crippen molar-refractivity contribution in [2.24, 2.45) is 0 Å². The number of ether oxygens (including phenoxy) is 1. The van der Waals surface area contributed by atoms with E-state index in [2.05, 4.69) is 25.7 Å². The molecular formula is C19H18N6O2S. The topological polar surface area (TPSA) is 91.8 Å². The molecule has 2 heterocycles. The van der Waals surface area contributed by atoms with E-state index >= 15 is 0 Å². The summed E-state index contributed by atoms with van der Waals surface area (Å²) in [6, 6.07) is 15.6. The maximum Gasteiger partial charge on any atom is 0.237 e. The van der Waals surface area contributed by atoms with E-state index in [1.54, 1.807) is 4.68 Å². The Balaban J connectivity index is 1.51. The third-order valence-electron chi connectivity index (χ3n) is 3.90. The minimum absolute atomic E-state index is 0.454. The zero-order valence-electron chi connectivity index (χ0n) is 15.4. The number of aryl methyl sites for hydroxylation is 1. The van der Waals surface area contributed by atoms with Crippen LogP contribution in [0.1, 0.15) is 18.4 Å². The van der Waals surface area contributed by atoms with Gasteiger partial charge in [-0.1, -0.05) is 52.8 Å². The van der Waals surface area contributed by atoms with Crippen LogP contribution in [0.25, 0.3) is 17.1 Å². The Morgan fingerprint density at radius 1 is 1.14 bits per heavy atom. The number of benzene rings is 2. The van der Waals surface area contributed by atoms with Crippen LogP contribution >= 0.6 is 11.8 Å². The predicted octanol–water partition coefficient (Wildman–Crippen LogP) is 3.71. The van der Waals surface area contributed by atoms with Crippen molar-refractivity contribution in [3.63, 3.8) is 0 Å². The first-order valence-corrected chi connectivity index (χ1v) is 9.76. The lowest BCUT2D eigenvalue weighted by atomic mass is 10.1. The maximum absolute atomic E-state index is 5.67. The smallest absolute Gasteiger partial charge is 0.237 e. The molecule has 2 aromatic carbocycles. The van der Waals surface area contributed by atoms with E-state index in [-0.39, 0.29) is 0 Å². The van der Waals surface area contributed by atoms with E-state index in [0.29, 0.717) is 29.2 Å². The highest BCUT2D eigenvalue weighted by molar-refractivity contribution is 7.98. The van der Waals surface area contributed by atoms with Gasteiger partial charge in [-0.15, -0.1) is 5.10 Å². The van der Waals surface area contributed by atoms with Crippen LogP contribution in [0.2, 0.25) is 0 Å². The van der Waals surface area contributed by atoms with Gasteiger partial charge in [-0.25, -0.2) is 0 Å². The number of tetrazole rings is 1. The van der Waals surface area contributed by atoms with Crippen molar-refractivity contribution >= 4 is 11.8 Å². The van der Waals surface area contributed by atoms with Crippen LogP contribution < -0.4 is 4.74 Å². The summed E-state index contributed by atoms with van der Waals surface area (Å²) in [5.74, 6) is 2.25. The van der Waals surface area contributed by atoms with E-state index in [9.17, 15) is 0 Å². The third kappa shape index (κ3) is 3.89. The number of para-hydroxylation sites is 2. The Morgan fingerprint density at radius 3 is 2.89 bits per heavy atom. The molecule has 0 amide bonds. The molecule has 0 N–H and O–H groups in total. The lowest BCUT2D eigenvalue weighted by Gasteiger charge is -2.10. The molecule has 4 rings (SSSR count). The van der Waals surface area contributed by atoms with Crippen LogP contribution in [0.5, 0.6) is 5.75 Å². The number of nitrogens with zero attached hydrogens (tertiary/aromatic N) is 6. The van der Waals surface area contributed by atoms with Gasteiger partial charge in [-0.05, 0) is 42.5 Å². The SMILES string of the molecule is CCOc1ccccc1-n1nnnc1SCc1nc(-c2cccc(C)c2)no1. The predicted molar refractivity (Wildman–Crippen MR) is 104 cm³/mol. The third-order valence-corrected chi connectivity index (χ3v) is 4.81. The highest BCUT2D eigenvalue weighted by Crippen LogP contribution is 2.28. The molecule has 2 aromatic heterocycles. The van der Waals surface area contributed by atoms with Crippen LogP contribution in [0.3, 0.4) is 0 Å². The van der Waals surface area contributed by atoms with E-state index in [1.807, 2.05) is 62.4 Å². The van der Waals surface area contributed by atoms with Crippen LogP contribution in [0, 0.1) is 6.92 Å². The zero-order chi connectivity index (χ0) is 19.3. The number of aromatic nitrogens is 6. The summed E-state index contributed by atoms with van der Waals surface area (Å²) in [6.07, 6.45) is 0. The molecule has 0 radical (unpaired) electrons. The molecule has 142 valence electrons. The molecule has 8 nitrogen and oxygen atoms in total. The van der Waals surface area contributed by atoms with Gasteiger partial charge in [-0.2, -0.15) is 9.67 Å². The minimum atomic E-state index is 0.454. The standard InChI is InChI=1S/C19H18N6O2S/c1-3-26-16-10-5-4-9-15(16)25-19(21-23-24-25)28-12-17-20-18(22-27-17)14-8-6-7-13(2)11-14/h4-11H,3,12H2,1-2H3. The van der Waals surface area contributed by atoms with Gasteiger partial charge >= 0.3 is 0 Å². The lowest BCUT2D eigenvalue weighted by Crippen LogP contribution is -2.03. The number of rotatable bonds is 7. The minimum Gasteiger partial charge on any atom is -0.492 e. The number of hydrogen-bond donors (Lipinski definition) is 0. The summed E-state index contributed by atoms with van der Waals surface area (Å²) < 4.78 is 12.7. The van der Waals surface area contributed by atoms with Gasteiger partial charge in [0, 0.05) is 5.56 Å². The van der Waals surface area contributed by atoms with Crippen LogP contribution in [0.4, 0.5) is 0 Å². The molecule has 0 aliphatic carbocycles. The molecule has 0 saturated heterocycles. The summed E-state index contributed by atoms with van der Waals surface area (Å²) in [5, 5.41) is 16.7. The second kappa shape index (κ2) is 8.22. The molecule has 0 aliphatic rings. The summed E-state index contributed by atoms with van der Waals surface area (Å²) >= 11 is 1.42. The van der Waals surface area contributed by atoms with Crippen molar-refractivity contribution in [2.75, 3.05) is 6.61 Å². The van der Waals surface area contributed by atoms with Crippen molar-refractivity contribution in [3.05, 3.63) is 60.0 Å². The molecule has 9 heteroatoms. The van der Waals surface area contributed by atoms with E-state index < -0.39 is 0 Å². The Morgan fingerprint density at radius 2 is 2.04 bits per heavy atom. The fraction of sp³-hybridized carbons (Fsp3) is 0.211. The Labute approximate surface area is 165 Å². The first-order chi connectivity index (χ1) is 13.7. The molecule has 4 aromatic rings. The largest absolute Gasteiger partial charge is 0.492 e. The summed E-state index contributed by atoms with van der Waals surface area (Å²) in [5.41, 5.74) is 2.85. The van der Waals surface area contributed by atoms with Crippen molar-refractivity contribution in [3.8, 4) is 22.8 Å². The van der Waals surface area contributed by atoms with Crippen molar-refractivity contribution in [1.82, 2.24) is 30.3 Å². The molecule has 0 saturated carbocycles. The Hall–Kier alpha value is -3.20. The van der Waals surface area contributed by atoms with E-state index in [0.717, 1.165) is 22.6 Å².